The van der Waals surface area contributed by atoms with Gasteiger partial charge in [0.2, 0.25) is 0 Å². The largest absolute Gasteiger partial charge is 0.461 e. The summed E-state index contributed by atoms with van der Waals surface area (Å²) in [5.74, 6) is -0.148. The number of rotatable bonds is 5. The number of nitrogens with one attached hydrogen (secondary N) is 1. The summed E-state index contributed by atoms with van der Waals surface area (Å²) < 4.78 is 5.36. The van der Waals surface area contributed by atoms with Crippen LogP contribution in [0.4, 0.5) is 0 Å². The Labute approximate surface area is 85.2 Å². The van der Waals surface area contributed by atoms with Gasteiger partial charge >= 0.3 is 5.97 Å². The molecular weight excluding hydrogens is 180 g/mol. The molecule has 0 aromatic carbocycles. The first kappa shape index (κ1) is 11.5. The van der Waals surface area contributed by atoms with Gasteiger partial charge in [0.1, 0.15) is 12.1 Å². The van der Waals surface area contributed by atoms with E-state index in [1.807, 2.05) is 0 Å². The normalized spacial score (nSPS) is 19.6. The third-order valence-electron chi connectivity index (χ3n) is 2.67. The maximum atomic E-state index is 11.6. The first-order valence-corrected chi connectivity index (χ1v) is 5.35. The second-order valence-corrected chi connectivity index (χ2v) is 3.76. The van der Waals surface area contributed by atoms with E-state index in [4.69, 9.17) is 10.5 Å². The van der Waals surface area contributed by atoms with Crippen molar-refractivity contribution in [1.29, 1.82) is 0 Å². The maximum Gasteiger partial charge on any atom is 0.323 e. The third-order valence-corrected chi connectivity index (χ3v) is 2.67. The average molecular weight is 200 g/mol. The second kappa shape index (κ2) is 5.98. The quantitative estimate of drug-likeness (QED) is 0.631. The molecule has 14 heavy (non-hydrogen) atoms. The molecule has 0 bridgehead atoms. The fraction of sp³-hybridized carbons (Fsp3) is 0.900. The van der Waals surface area contributed by atoms with Gasteiger partial charge < -0.3 is 15.8 Å². The molecular formula is C10H20N2O2. The lowest BCUT2D eigenvalue weighted by atomic mass is 10.2. The highest BCUT2D eigenvalue weighted by Gasteiger charge is 2.23. The summed E-state index contributed by atoms with van der Waals surface area (Å²) >= 11 is 0. The second-order valence-electron chi connectivity index (χ2n) is 3.76. The van der Waals surface area contributed by atoms with E-state index in [0.29, 0.717) is 13.0 Å². The predicted octanol–water partition coefficient (Wildman–Crippen LogP) is 0.409. The van der Waals surface area contributed by atoms with E-state index >= 15 is 0 Å². The van der Waals surface area contributed by atoms with Crippen LogP contribution >= 0.6 is 0 Å². The summed E-state index contributed by atoms with van der Waals surface area (Å²) in [6.07, 6.45) is 5.19. The molecule has 0 heterocycles. The summed E-state index contributed by atoms with van der Waals surface area (Å²) in [6.45, 7) is 0.505. The molecule has 1 unspecified atom stereocenters. The first-order chi connectivity index (χ1) is 6.77. The van der Waals surface area contributed by atoms with Gasteiger partial charge in [-0.15, -0.1) is 0 Å². The molecule has 1 rings (SSSR count). The van der Waals surface area contributed by atoms with Crippen molar-refractivity contribution >= 4 is 5.97 Å². The van der Waals surface area contributed by atoms with Gasteiger partial charge in [-0.05, 0) is 45.7 Å². The summed E-state index contributed by atoms with van der Waals surface area (Å²) in [6, 6.07) is -0.236. The molecule has 0 amide bonds. The Bertz CT molecular complexity index is 179. The van der Waals surface area contributed by atoms with Crippen LogP contribution in [0.2, 0.25) is 0 Å². The molecule has 4 heteroatoms. The molecule has 1 fully saturated rings. The summed E-state index contributed by atoms with van der Waals surface area (Å²) in [5.41, 5.74) is 5.40. The van der Waals surface area contributed by atoms with Crippen molar-refractivity contribution < 1.29 is 9.53 Å². The fourth-order valence-electron chi connectivity index (χ4n) is 1.80. The molecule has 0 saturated heterocycles. The number of hydrogen-bond donors (Lipinski definition) is 2. The van der Waals surface area contributed by atoms with Crippen LogP contribution in [-0.2, 0) is 9.53 Å². The average Bonchev–Trinajstić information content (AvgIpc) is 2.66. The minimum atomic E-state index is -0.236. The Hall–Kier alpha value is -0.610. The molecule has 3 N–H and O–H groups in total. The molecule has 82 valence electrons. The summed E-state index contributed by atoms with van der Waals surface area (Å²) in [4.78, 5) is 11.6. The van der Waals surface area contributed by atoms with E-state index in [9.17, 15) is 4.79 Å². The van der Waals surface area contributed by atoms with Crippen LogP contribution in [0.3, 0.4) is 0 Å². The lowest BCUT2D eigenvalue weighted by molar-refractivity contribution is -0.151. The Balaban J connectivity index is 2.30. The molecule has 4 nitrogen and oxygen atoms in total. The highest BCUT2D eigenvalue weighted by molar-refractivity contribution is 5.75. The lowest BCUT2D eigenvalue weighted by Gasteiger charge is -2.17. The predicted molar refractivity (Wildman–Crippen MR) is 54.9 cm³/mol. The van der Waals surface area contributed by atoms with E-state index in [1.54, 1.807) is 7.05 Å². The zero-order valence-electron chi connectivity index (χ0n) is 8.79. The van der Waals surface area contributed by atoms with Crippen LogP contribution in [0, 0.1) is 0 Å². The minimum Gasteiger partial charge on any atom is -0.461 e. The Morgan fingerprint density at radius 1 is 1.57 bits per heavy atom. The molecule has 1 aliphatic carbocycles. The van der Waals surface area contributed by atoms with Gasteiger partial charge in [0.15, 0.2) is 0 Å². The molecule has 0 spiro atoms. The van der Waals surface area contributed by atoms with Crippen LogP contribution in [0.1, 0.15) is 32.1 Å². The van der Waals surface area contributed by atoms with Crippen LogP contribution in [0.5, 0.6) is 0 Å². The maximum absolute atomic E-state index is 11.6. The number of hydrogen-bond acceptors (Lipinski definition) is 4. The van der Waals surface area contributed by atoms with Crippen molar-refractivity contribution in [3.05, 3.63) is 0 Å². The van der Waals surface area contributed by atoms with Crippen molar-refractivity contribution in [2.75, 3.05) is 13.6 Å². The van der Waals surface area contributed by atoms with Crippen LogP contribution in [-0.4, -0.2) is 31.7 Å². The van der Waals surface area contributed by atoms with Gasteiger partial charge in [0.05, 0.1) is 0 Å². The van der Waals surface area contributed by atoms with Crippen molar-refractivity contribution in [3.8, 4) is 0 Å². The number of nitrogens with two attached hydrogens (primary N) is 1. The summed E-state index contributed by atoms with van der Waals surface area (Å²) in [5, 5.41) is 2.92. The Morgan fingerprint density at radius 3 is 2.71 bits per heavy atom. The number of likely N-dealkylation sites (N-methyl/N-ethyl adjacent to an activating group) is 1. The molecule has 0 radical (unpaired) electrons. The molecule has 0 aromatic heterocycles. The van der Waals surface area contributed by atoms with Crippen LogP contribution < -0.4 is 11.1 Å². The third kappa shape index (κ3) is 3.27. The number of esters is 1. The van der Waals surface area contributed by atoms with E-state index in [2.05, 4.69) is 5.32 Å². The lowest BCUT2D eigenvalue weighted by Crippen LogP contribution is -2.38. The SMILES string of the molecule is CNC(CCN)C(=O)OC1CCCC1. The van der Waals surface area contributed by atoms with Gasteiger partial charge in [-0.1, -0.05) is 0 Å². The van der Waals surface area contributed by atoms with Crippen LogP contribution in [0.15, 0.2) is 0 Å². The zero-order valence-corrected chi connectivity index (χ0v) is 8.79. The minimum absolute atomic E-state index is 0.148. The standard InChI is InChI=1S/C10H20N2O2/c1-12-9(6-7-11)10(13)14-8-4-2-3-5-8/h8-9,12H,2-7,11H2,1H3. The van der Waals surface area contributed by atoms with Gasteiger partial charge in [-0.3, -0.25) is 4.79 Å². The van der Waals surface area contributed by atoms with E-state index in [1.165, 1.54) is 12.8 Å². The molecule has 1 saturated carbocycles. The van der Waals surface area contributed by atoms with Gasteiger partial charge in [-0.2, -0.15) is 0 Å². The van der Waals surface area contributed by atoms with Crippen molar-refractivity contribution in [1.82, 2.24) is 5.32 Å². The van der Waals surface area contributed by atoms with E-state index in [0.717, 1.165) is 12.8 Å². The molecule has 0 aliphatic heterocycles. The van der Waals surface area contributed by atoms with Gasteiger partial charge in [0.25, 0.3) is 0 Å². The van der Waals surface area contributed by atoms with Gasteiger partial charge in [-0.25, -0.2) is 0 Å². The topological polar surface area (TPSA) is 64.3 Å². The van der Waals surface area contributed by atoms with Crippen molar-refractivity contribution in [3.63, 3.8) is 0 Å². The number of carbonyl (C=O) groups is 1. The zero-order chi connectivity index (χ0) is 10.4. The van der Waals surface area contributed by atoms with E-state index < -0.39 is 0 Å². The molecule has 1 atom stereocenters. The smallest absolute Gasteiger partial charge is 0.323 e. The monoisotopic (exact) mass is 200 g/mol. The number of ether oxygens (including phenoxy) is 1. The molecule has 0 aromatic rings. The number of carbonyl (C=O) groups excluding carboxylic acids is 1. The van der Waals surface area contributed by atoms with Crippen LogP contribution in [0.25, 0.3) is 0 Å². The highest BCUT2D eigenvalue weighted by Crippen LogP contribution is 2.21. The highest BCUT2D eigenvalue weighted by atomic mass is 16.5. The van der Waals surface area contributed by atoms with Crippen molar-refractivity contribution in [2.24, 2.45) is 5.73 Å². The van der Waals surface area contributed by atoms with E-state index in [-0.39, 0.29) is 18.1 Å². The molecule has 1 aliphatic rings. The Morgan fingerprint density at radius 2 is 2.21 bits per heavy atom. The summed E-state index contributed by atoms with van der Waals surface area (Å²) in [7, 11) is 1.76. The first-order valence-electron chi connectivity index (χ1n) is 5.35. The van der Waals surface area contributed by atoms with Crippen molar-refractivity contribution in [2.45, 2.75) is 44.2 Å². The fourth-order valence-corrected chi connectivity index (χ4v) is 1.80. The van der Waals surface area contributed by atoms with Gasteiger partial charge in [0, 0.05) is 0 Å². The Kier molecular flexibility index (Phi) is 4.90.